The normalized spacial score (nSPS) is 12.8. The highest BCUT2D eigenvalue weighted by Crippen LogP contribution is 2.19. The molecule has 0 saturated heterocycles. The number of aromatic nitrogens is 1. The monoisotopic (exact) mass is 197 g/mol. The predicted octanol–water partition coefficient (Wildman–Crippen LogP) is 2.64. The fourth-order valence-corrected chi connectivity index (χ4v) is 1.68. The molecule has 0 aliphatic carbocycles. The van der Waals surface area contributed by atoms with Crippen LogP contribution in [0.5, 0.6) is 0 Å². The van der Waals surface area contributed by atoms with Crippen LogP contribution in [0.2, 0.25) is 0 Å². The van der Waals surface area contributed by atoms with Crippen molar-refractivity contribution < 1.29 is 5.11 Å². The fourth-order valence-electron chi connectivity index (χ4n) is 0.944. The van der Waals surface area contributed by atoms with Crippen molar-refractivity contribution in [2.45, 2.75) is 31.3 Å². The SMILES string of the molecule is CCCSc1ccc([C@H](C)O)nc1. The van der Waals surface area contributed by atoms with Crippen LogP contribution in [-0.2, 0) is 0 Å². The van der Waals surface area contributed by atoms with Gasteiger partial charge in [-0.05, 0) is 31.2 Å². The lowest BCUT2D eigenvalue weighted by Crippen LogP contribution is -1.94. The van der Waals surface area contributed by atoms with Gasteiger partial charge in [-0.25, -0.2) is 0 Å². The minimum atomic E-state index is -0.467. The highest BCUT2D eigenvalue weighted by Gasteiger charge is 2.01. The Morgan fingerprint density at radius 2 is 2.31 bits per heavy atom. The number of rotatable bonds is 4. The van der Waals surface area contributed by atoms with Crippen LogP contribution in [0.3, 0.4) is 0 Å². The molecule has 3 heteroatoms. The lowest BCUT2D eigenvalue weighted by Gasteiger charge is -2.04. The largest absolute Gasteiger partial charge is 0.387 e. The molecule has 0 bridgehead atoms. The van der Waals surface area contributed by atoms with E-state index in [2.05, 4.69) is 11.9 Å². The molecule has 0 saturated carbocycles. The molecule has 1 aromatic heterocycles. The average molecular weight is 197 g/mol. The predicted molar refractivity (Wildman–Crippen MR) is 55.9 cm³/mol. The number of thioether (sulfide) groups is 1. The number of aliphatic hydroxyl groups is 1. The van der Waals surface area contributed by atoms with Gasteiger partial charge < -0.3 is 5.11 Å². The van der Waals surface area contributed by atoms with Gasteiger partial charge in [-0.1, -0.05) is 6.92 Å². The van der Waals surface area contributed by atoms with Crippen molar-refractivity contribution in [3.63, 3.8) is 0 Å². The maximum absolute atomic E-state index is 9.22. The van der Waals surface area contributed by atoms with Crippen molar-refractivity contribution in [3.05, 3.63) is 24.0 Å². The van der Waals surface area contributed by atoms with E-state index in [1.54, 1.807) is 18.7 Å². The molecule has 0 unspecified atom stereocenters. The Kier molecular flexibility index (Phi) is 4.25. The summed E-state index contributed by atoms with van der Waals surface area (Å²) in [5.41, 5.74) is 0.737. The quantitative estimate of drug-likeness (QED) is 0.753. The zero-order chi connectivity index (χ0) is 9.68. The molecule has 1 atom stereocenters. The summed E-state index contributed by atoms with van der Waals surface area (Å²) in [6, 6.07) is 3.89. The first-order chi connectivity index (χ1) is 6.24. The second-order valence-corrected chi connectivity index (χ2v) is 4.11. The van der Waals surface area contributed by atoms with Crippen LogP contribution < -0.4 is 0 Å². The third-order valence-corrected chi connectivity index (χ3v) is 2.85. The summed E-state index contributed by atoms with van der Waals surface area (Å²) >= 11 is 1.80. The minimum absolute atomic E-state index is 0.467. The molecule has 1 aromatic rings. The third-order valence-electron chi connectivity index (χ3n) is 1.66. The molecular formula is C10H15NOS. The molecule has 0 fully saturated rings. The number of hydrogen-bond acceptors (Lipinski definition) is 3. The minimum Gasteiger partial charge on any atom is -0.387 e. The average Bonchev–Trinajstić information content (AvgIpc) is 2.15. The molecule has 0 radical (unpaired) electrons. The first-order valence-corrected chi connectivity index (χ1v) is 5.49. The summed E-state index contributed by atoms with van der Waals surface area (Å²) in [4.78, 5) is 5.33. The Hall–Kier alpha value is -0.540. The molecule has 1 N–H and O–H groups in total. The van der Waals surface area contributed by atoms with Gasteiger partial charge in [-0.15, -0.1) is 11.8 Å². The van der Waals surface area contributed by atoms with Crippen LogP contribution in [-0.4, -0.2) is 15.8 Å². The second-order valence-electron chi connectivity index (χ2n) is 2.94. The van der Waals surface area contributed by atoms with Crippen molar-refractivity contribution in [3.8, 4) is 0 Å². The zero-order valence-corrected chi connectivity index (χ0v) is 8.84. The Balaban J connectivity index is 2.59. The van der Waals surface area contributed by atoms with Crippen molar-refractivity contribution in [2.75, 3.05) is 5.75 Å². The summed E-state index contributed by atoms with van der Waals surface area (Å²) in [6.07, 6.45) is 2.52. The van der Waals surface area contributed by atoms with E-state index >= 15 is 0 Å². The Morgan fingerprint density at radius 3 is 2.77 bits per heavy atom. The lowest BCUT2D eigenvalue weighted by atomic mass is 10.2. The van der Waals surface area contributed by atoms with Gasteiger partial charge in [-0.2, -0.15) is 0 Å². The van der Waals surface area contributed by atoms with Crippen LogP contribution in [0, 0.1) is 0 Å². The van der Waals surface area contributed by atoms with Crippen molar-refractivity contribution in [1.29, 1.82) is 0 Å². The number of pyridine rings is 1. The van der Waals surface area contributed by atoms with Crippen molar-refractivity contribution >= 4 is 11.8 Å². The molecule has 72 valence electrons. The van der Waals surface area contributed by atoms with Gasteiger partial charge in [0.15, 0.2) is 0 Å². The molecule has 0 aliphatic rings. The van der Waals surface area contributed by atoms with E-state index in [4.69, 9.17) is 0 Å². The van der Waals surface area contributed by atoms with E-state index in [1.807, 2.05) is 18.3 Å². The second kappa shape index (κ2) is 5.25. The lowest BCUT2D eigenvalue weighted by molar-refractivity contribution is 0.194. The topological polar surface area (TPSA) is 33.1 Å². The summed E-state index contributed by atoms with van der Waals surface area (Å²) in [5, 5.41) is 9.22. The Morgan fingerprint density at radius 1 is 1.54 bits per heavy atom. The van der Waals surface area contributed by atoms with Gasteiger partial charge >= 0.3 is 0 Å². The van der Waals surface area contributed by atoms with Gasteiger partial charge in [0.25, 0.3) is 0 Å². The van der Waals surface area contributed by atoms with Crippen LogP contribution in [0.1, 0.15) is 32.1 Å². The molecule has 1 rings (SSSR count). The molecule has 0 amide bonds. The van der Waals surface area contributed by atoms with E-state index in [1.165, 1.54) is 11.3 Å². The molecule has 2 nitrogen and oxygen atoms in total. The van der Waals surface area contributed by atoms with Crippen molar-refractivity contribution in [2.24, 2.45) is 0 Å². The first kappa shape index (κ1) is 10.5. The maximum atomic E-state index is 9.22. The van der Waals surface area contributed by atoms with E-state index in [-0.39, 0.29) is 0 Å². The summed E-state index contributed by atoms with van der Waals surface area (Å²) in [6.45, 7) is 3.88. The number of nitrogens with zero attached hydrogens (tertiary/aromatic N) is 1. The van der Waals surface area contributed by atoms with Gasteiger partial charge in [0, 0.05) is 11.1 Å². The number of aliphatic hydroxyl groups excluding tert-OH is 1. The van der Waals surface area contributed by atoms with Gasteiger partial charge in [-0.3, -0.25) is 4.98 Å². The highest BCUT2D eigenvalue weighted by atomic mass is 32.2. The molecule has 0 spiro atoms. The van der Waals surface area contributed by atoms with Gasteiger partial charge in [0.05, 0.1) is 11.8 Å². The van der Waals surface area contributed by atoms with Gasteiger partial charge in [0.2, 0.25) is 0 Å². The smallest absolute Gasteiger partial charge is 0.0931 e. The third kappa shape index (κ3) is 3.36. The Bertz CT molecular complexity index is 246. The van der Waals surface area contributed by atoms with E-state index in [0.717, 1.165) is 11.4 Å². The van der Waals surface area contributed by atoms with Crippen molar-refractivity contribution in [1.82, 2.24) is 4.98 Å². The van der Waals surface area contributed by atoms with E-state index < -0.39 is 6.10 Å². The zero-order valence-electron chi connectivity index (χ0n) is 8.03. The number of hydrogen-bond donors (Lipinski definition) is 1. The molecular weight excluding hydrogens is 182 g/mol. The first-order valence-electron chi connectivity index (χ1n) is 4.51. The maximum Gasteiger partial charge on any atom is 0.0931 e. The van der Waals surface area contributed by atoms with E-state index in [9.17, 15) is 5.11 Å². The summed E-state index contributed by atoms with van der Waals surface area (Å²) in [5.74, 6) is 1.12. The van der Waals surface area contributed by atoms with Crippen LogP contribution in [0.15, 0.2) is 23.2 Å². The highest BCUT2D eigenvalue weighted by molar-refractivity contribution is 7.99. The standard InChI is InChI=1S/C10H15NOS/c1-3-6-13-9-4-5-10(8(2)12)11-7-9/h4-5,7-8,12H,3,6H2,1-2H3/t8-/m0/s1. The van der Waals surface area contributed by atoms with Crippen LogP contribution in [0.4, 0.5) is 0 Å². The van der Waals surface area contributed by atoms with Crippen LogP contribution >= 0.6 is 11.8 Å². The summed E-state index contributed by atoms with van der Waals surface area (Å²) < 4.78 is 0. The van der Waals surface area contributed by atoms with Crippen LogP contribution in [0.25, 0.3) is 0 Å². The molecule has 1 heterocycles. The van der Waals surface area contributed by atoms with Gasteiger partial charge in [0.1, 0.15) is 0 Å². The molecule has 0 aliphatic heterocycles. The fraction of sp³-hybridized carbons (Fsp3) is 0.500. The summed E-state index contributed by atoms with van der Waals surface area (Å²) in [7, 11) is 0. The molecule has 0 aromatic carbocycles. The van der Waals surface area contributed by atoms with E-state index in [0.29, 0.717) is 0 Å². The Labute approximate surface area is 83.4 Å². The molecule has 13 heavy (non-hydrogen) atoms.